The number of nitrogens with two attached hydrogens (primary N) is 1. The number of carbonyl (C=O) groups excluding carboxylic acids is 1. The lowest BCUT2D eigenvalue weighted by Crippen LogP contribution is -2.15. The van der Waals surface area contributed by atoms with Crippen LogP contribution in [0.4, 0.5) is 0 Å². The van der Waals surface area contributed by atoms with Crippen molar-refractivity contribution in [2.45, 2.75) is 20.3 Å². The van der Waals surface area contributed by atoms with Crippen LogP contribution in [0.5, 0.6) is 5.75 Å². The van der Waals surface area contributed by atoms with Crippen molar-refractivity contribution in [1.29, 1.82) is 0 Å². The highest BCUT2D eigenvalue weighted by Crippen LogP contribution is 2.26. The largest absolute Gasteiger partial charge is 0.492 e. The van der Waals surface area contributed by atoms with Crippen molar-refractivity contribution in [2.24, 2.45) is 11.7 Å². The fourth-order valence-corrected chi connectivity index (χ4v) is 1.70. The quantitative estimate of drug-likeness (QED) is 0.796. The number of hydrogen-bond donors (Lipinski definition) is 1. The number of rotatable bonds is 6. The van der Waals surface area contributed by atoms with Crippen molar-refractivity contribution in [3.63, 3.8) is 0 Å². The first-order valence-corrected chi connectivity index (χ1v) is 6.11. The zero-order valence-corrected chi connectivity index (χ0v) is 11.0. The molecule has 0 fully saturated rings. The molecule has 3 nitrogen and oxygen atoms in total. The molecule has 1 rings (SSSR count). The second-order valence-corrected chi connectivity index (χ2v) is 4.45. The van der Waals surface area contributed by atoms with E-state index in [1.807, 2.05) is 13.8 Å². The zero-order valence-electron chi connectivity index (χ0n) is 10.2. The van der Waals surface area contributed by atoms with Gasteiger partial charge in [0.25, 0.3) is 0 Å². The molecule has 1 aromatic carbocycles. The summed E-state index contributed by atoms with van der Waals surface area (Å²) in [6.45, 7) is 4.90. The van der Waals surface area contributed by atoms with E-state index in [-0.39, 0.29) is 11.7 Å². The molecule has 0 aliphatic carbocycles. The molecule has 0 saturated carbocycles. The van der Waals surface area contributed by atoms with Crippen LogP contribution in [0.15, 0.2) is 18.2 Å². The molecular weight excluding hydrogens is 238 g/mol. The first kappa shape index (κ1) is 14.0. The van der Waals surface area contributed by atoms with Gasteiger partial charge in [-0.25, -0.2) is 0 Å². The van der Waals surface area contributed by atoms with Crippen molar-refractivity contribution >= 4 is 17.4 Å². The molecular formula is C13H18ClNO2. The lowest BCUT2D eigenvalue weighted by atomic mass is 10.00. The van der Waals surface area contributed by atoms with Gasteiger partial charge in [0.2, 0.25) is 0 Å². The van der Waals surface area contributed by atoms with Crippen LogP contribution in [0.1, 0.15) is 30.6 Å². The second kappa shape index (κ2) is 6.62. The topological polar surface area (TPSA) is 52.3 Å². The maximum absolute atomic E-state index is 11.9. The predicted molar refractivity (Wildman–Crippen MR) is 69.8 cm³/mol. The molecule has 0 saturated heterocycles. The fourth-order valence-electron chi connectivity index (χ4n) is 1.46. The Kier molecular flexibility index (Phi) is 5.45. The summed E-state index contributed by atoms with van der Waals surface area (Å²) in [5, 5.41) is 0.470. The van der Waals surface area contributed by atoms with Crippen LogP contribution in [-0.2, 0) is 0 Å². The summed E-state index contributed by atoms with van der Waals surface area (Å²) < 4.78 is 5.31. The summed E-state index contributed by atoms with van der Waals surface area (Å²) in [6, 6.07) is 5.12. The van der Waals surface area contributed by atoms with Gasteiger partial charge in [-0.2, -0.15) is 0 Å². The normalized spacial score (nSPS) is 12.2. The van der Waals surface area contributed by atoms with E-state index < -0.39 is 0 Å². The van der Waals surface area contributed by atoms with E-state index in [4.69, 9.17) is 22.1 Å². The summed E-state index contributed by atoms with van der Waals surface area (Å²) in [5.41, 5.74) is 6.10. The molecule has 0 heterocycles. The number of benzene rings is 1. The summed E-state index contributed by atoms with van der Waals surface area (Å²) in [4.78, 5) is 11.9. The van der Waals surface area contributed by atoms with E-state index in [1.165, 1.54) is 0 Å². The Morgan fingerprint density at radius 3 is 2.76 bits per heavy atom. The standard InChI is InChI=1S/C13H18ClNO2/c1-3-17-13-5-4-10(7-11(13)14)12(16)6-9(2)8-15/h4-5,7,9H,3,6,8,15H2,1-2H3. The van der Waals surface area contributed by atoms with Crippen molar-refractivity contribution < 1.29 is 9.53 Å². The van der Waals surface area contributed by atoms with Gasteiger partial charge < -0.3 is 10.5 Å². The van der Waals surface area contributed by atoms with Gasteiger partial charge >= 0.3 is 0 Å². The SMILES string of the molecule is CCOc1ccc(C(=O)CC(C)CN)cc1Cl. The van der Waals surface area contributed by atoms with Crippen molar-refractivity contribution in [2.75, 3.05) is 13.2 Å². The highest BCUT2D eigenvalue weighted by molar-refractivity contribution is 6.32. The van der Waals surface area contributed by atoms with Crippen LogP contribution in [0.25, 0.3) is 0 Å². The summed E-state index contributed by atoms with van der Waals surface area (Å²) in [7, 11) is 0. The Morgan fingerprint density at radius 2 is 2.24 bits per heavy atom. The monoisotopic (exact) mass is 255 g/mol. The van der Waals surface area contributed by atoms with Crippen LogP contribution in [0.2, 0.25) is 5.02 Å². The Hall–Kier alpha value is -1.06. The lowest BCUT2D eigenvalue weighted by Gasteiger charge is -2.09. The molecule has 2 N–H and O–H groups in total. The van der Waals surface area contributed by atoms with Crippen molar-refractivity contribution in [3.05, 3.63) is 28.8 Å². The van der Waals surface area contributed by atoms with Gasteiger partial charge in [0.15, 0.2) is 5.78 Å². The van der Waals surface area contributed by atoms with E-state index in [0.29, 0.717) is 35.9 Å². The van der Waals surface area contributed by atoms with Gasteiger partial charge in [0.05, 0.1) is 11.6 Å². The molecule has 1 aromatic rings. The average Bonchev–Trinajstić information content (AvgIpc) is 2.31. The third-order valence-corrected chi connectivity index (χ3v) is 2.79. The third-order valence-electron chi connectivity index (χ3n) is 2.49. The number of ketones is 1. The highest BCUT2D eigenvalue weighted by Gasteiger charge is 2.12. The first-order valence-electron chi connectivity index (χ1n) is 5.74. The molecule has 1 atom stereocenters. The van der Waals surface area contributed by atoms with E-state index >= 15 is 0 Å². The Bertz CT molecular complexity index is 393. The van der Waals surface area contributed by atoms with Gasteiger partial charge in [-0.15, -0.1) is 0 Å². The first-order chi connectivity index (χ1) is 8.08. The van der Waals surface area contributed by atoms with Crippen LogP contribution in [0, 0.1) is 5.92 Å². The predicted octanol–water partition coefficient (Wildman–Crippen LogP) is 2.91. The van der Waals surface area contributed by atoms with Gasteiger partial charge in [-0.3, -0.25) is 4.79 Å². The maximum atomic E-state index is 11.9. The van der Waals surface area contributed by atoms with Crippen LogP contribution in [0.3, 0.4) is 0 Å². The maximum Gasteiger partial charge on any atom is 0.163 e. The van der Waals surface area contributed by atoms with Gasteiger partial charge in [0.1, 0.15) is 5.75 Å². The van der Waals surface area contributed by atoms with Gasteiger partial charge in [-0.05, 0) is 37.6 Å². The van der Waals surface area contributed by atoms with E-state index in [1.54, 1.807) is 18.2 Å². The molecule has 4 heteroatoms. The number of hydrogen-bond acceptors (Lipinski definition) is 3. The molecule has 0 amide bonds. The van der Waals surface area contributed by atoms with Crippen LogP contribution >= 0.6 is 11.6 Å². The Balaban J connectivity index is 2.79. The molecule has 94 valence electrons. The van der Waals surface area contributed by atoms with Crippen molar-refractivity contribution in [3.8, 4) is 5.75 Å². The smallest absolute Gasteiger partial charge is 0.163 e. The molecule has 0 spiro atoms. The van der Waals surface area contributed by atoms with Crippen LogP contribution < -0.4 is 10.5 Å². The molecule has 0 aromatic heterocycles. The minimum absolute atomic E-state index is 0.0629. The summed E-state index contributed by atoms with van der Waals surface area (Å²) in [5.74, 6) is 0.860. The molecule has 1 unspecified atom stereocenters. The number of Topliss-reactive ketones (excluding diaryl/α,β-unsaturated/α-hetero) is 1. The van der Waals surface area contributed by atoms with E-state index in [2.05, 4.69) is 0 Å². The zero-order chi connectivity index (χ0) is 12.8. The molecule has 0 radical (unpaired) electrons. The number of ether oxygens (including phenoxy) is 1. The molecule has 0 bridgehead atoms. The van der Waals surface area contributed by atoms with Gasteiger partial charge in [-0.1, -0.05) is 18.5 Å². The van der Waals surface area contributed by atoms with E-state index in [9.17, 15) is 4.79 Å². The minimum atomic E-state index is 0.0629. The summed E-state index contributed by atoms with van der Waals surface area (Å²) >= 11 is 6.02. The summed E-state index contributed by atoms with van der Waals surface area (Å²) in [6.07, 6.45) is 0.445. The molecule has 0 aliphatic rings. The Morgan fingerprint density at radius 1 is 1.53 bits per heavy atom. The number of carbonyl (C=O) groups is 1. The van der Waals surface area contributed by atoms with E-state index in [0.717, 1.165) is 0 Å². The van der Waals surface area contributed by atoms with Gasteiger partial charge in [0, 0.05) is 12.0 Å². The third kappa shape index (κ3) is 4.02. The minimum Gasteiger partial charge on any atom is -0.492 e. The van der Waals surface area contributed by atoms with Crippen LogP contribution in [-0.4, -0.2) is 18.9 Å². The number of halogens is 1. The molecule has 0 aliphatic heterocycles. The van der Waals surface area contributed by atoms with Crippen molar-refractivity contribution in [1.82, 2.24) is 0 Å². The lowest BCUT2D eigenvalue weighted by molar-refractivity contribution is 0.0966. The Labute approximate surface area is 107 Å². The highest BCUT2D eigenvalue weighted by atomic mass is 35.5. The fraction of sp³-hybridized carbons (Fsp3) is 0.462. The molecule has 17 heavy (non-hydrogen) atoms. The average molecular weight is 256 g/mol. The second-order valence-electron chi connectivity index (χ2n) is 4.05.